The van der Waals surface area contributed by atoms with Crippen LogP contribution >= 0.6 is 12.6 Å². The minimum Gasteiger partial charge on any atom is -0.493 e. The molecule has 0 amide bonds. The summed E-state index contributed by atoms with van der Waals surface area (Å²) in [6.45, 7) is 2.53. The largest absolute Gasteiger partial charge is 0.493 e. The molecule has 62 valence electrons. The van der Waals surface area contributed by atoms with Crippen molar-refractivity contribution in [1.29, 1.82) is 0 Å². The Hall–Kier alpha value is -0.840. The molecule has 2 N–H and O–H groups in total. The molecule has 0 aliphatic rings. The first-order chi connectivity index (χ1) is 5.16. The lowest BCUT2D eigenvalue weighted by Gasteiger charge is -1.97. The summed E-state index contributed by atoms with van der Waals surface area (Å²) in [5.41, 5.74) is -0.311. The van der Waals surface area contributed by atoms with Crippen molar-refractivity contribution < 1.29 is 5.11 Å². The van der Waals surface area contributed by atoms with Gasteiger partial charge in [-0.05, 0) is 6.42 Å². The number of aromatic amines is 1. The number of nitrogens with zero attached hydrogens (tertiary/aromatic N) is 1. The minimum atomic E-state index is -0.311. The normalized spacial score (nSPS) is 10.4. The Labute approximate surface area is 69.3 Å². The average Bonchev–Trinajstić information content (AvgIpc) is 2.17. The van der Waals surface area contributed by atoms with E-state index in [4.69, 9.17) is 5.11 Å². The molecule has 1 aromatic rings. The fraction of sp³-hybridized carbons (Fsp3) is 0.500. The highest BCUT2D eigenvalue weighted by Gasteiger charge is 2.07. The van der Waals surface area contributed by atoms with Crippen LogP contribution in [0.25, 0.3) is 0 Å². The first-order valence-electron chi connectivity index (χ1n) is 3.37. The molecule has 0 aliphatic heterocycles. The summed E-state index contributed by atoms with van der Waals surface area (Å²) in [5.74, 6) is -0.160. The maximum absolute atomic E-state index is 10.9. The lowest BCUT2D eigenvalue weighted by molar-refractivity contribution is 0.437. The lowest BCUT2D eigenvalue weighted by atomic mass is 10.5. The van der Waals surface area contributed by atoms with E-state index < -0.39 is 0 Å². The van der Waals surface area contributed by atoms with Crippen LogP contribution in [0.15, 0.2) is 9.82 Å². The Bertz CT molecular complexity index is 302. The van der Waals surface area contributed by atoms with Crippen LogP contribution in [0, 0.1) is 0 Å². The molecular weight excluding hydrogens is 164 g/mol. The van der Waals surface area contributed by atoms with E-state index in [1.807, 2.05) is 6.92 Å². The van der Waals surface area contributed by atoms with E-state index in [2.05, 4.69) is 17.6 Å². The van der Waals surface area contributed by atoms with Crippen molar-refractivity contribution in [3.05, 3.63) is 10.5 Å². The second-order valence-corrected chi connectivity index (χ2v) is 2.68. The van der Waals surface area contributed by atoms with E-state index in [9.17, 15) is 4.79 Å². The Morgan fingerprint density at radius 3 is 2.73 bits per heavy atom. The van der Waals surface area contributed by atoms with Crippen molar-refractivity contribution in [2.45, 2.75) is 24.9 Å². The molecule has 4 nitrogen and oxygen atoms in total. The van der Waals surface area contributed by atoms with Crippen LogP contribution in [0.3, 0.4) is 0 Å². The first-order valence-corrected chi connectivity index (χ1v) is 3.82. The number of thiol groups is 1. The molecule has 0 saturated heterocycles. The summed E-state index contributed by atoms with van der Waals surface area (Å²) in [6.07, 6.45) is 0.838. The first kappa shape index (κ1) is 8.26. The van der Waals surface area contributed by atoms with Gasteiger partial charge in [0.25, 0.3) is 0 Å². The zero-order chi connectivity index (χ0) is 8.43. The van der Waals surface area contributed by atoms with Crippen LogP contribution < -0.4 is 5.69 Å². The molecule has 1 aromatic heterocycles. The second-order valence-electron chi connectivity index (χ2n) is 2.25. The number of H-pyrrole nitrogens is 1. The molecule has 5 heteroatoms. The summed E-state index contributed by atoms with van der Waals surface area (Å²) in [5, 5.41) is 9.30. The molecule has 0 spiro atoms. The summed E-state index contributed by atoms with van der Waals surface area (Å²) in [6, 6.07) is 0. The number of hydrogen-bond acceptors (Lipinski definition) is 3. The van der Waals surface area contributed by atoms with Crippen molar-refractivity contribution in [2.75, 3.05) is 0 Å². The molecule has 0 bridgehead atoms. The van der Waals surface area contributed by atoms with Gasteiger partial charge < -0.3 is 5.11 Å². The molecular formula is C6H10N2O2S. The zero-order valence-electron chi connectivity index (χ0n) is 6.16. The number of aromatic nitrogens is 2. The van der Waals surface area contributed by atoms with Crippen LogP contribution in [-0.4, -0.2) is 14.7 Å². The third-order valence-corrected chi connectivity index (χ3v) is 1.84. The van der Waals surface area contributed by atoms with Gasteiger partial charge in [-0.3, -0.25) is 9.55 Å². The van der Waals surface area contributed by atoms with Gasteiger partial charge in [-0.2, -0.15) is 0 Å². The van der Waals surface area contributed by atoms with E-state index in [0.717, 1.165) is 6.42 Å². The standard InChI is InChI=1S/C6H10N2O2S/c1-2-3-8-5(11)4(9)7-6(8)10/h9,11H,2-3H2,1H3,(H,7,10). The topological polar surface area (TPSA) is 58.0 Å². The second kappa shape index (κ2) is 3.04. The minimum absolute atomic E-state index is 0.160. The number of aromatic hydroxyl groups is 1. The van der Waals surface area contributed by atoms with Gasteiger partial charge in [-0.1, -0.05) is 6.92 Å². The molecule has 0 aliphatic carbocycles. The quantitative estimate of drug-likeness (QED) is 0.574. The molecule has 0 aromatic carbocycles. The highest BCUT2D eigenvalue weighted by molar-refractivity contribution is 7.80. The van der Waals surface area contributed by atoms with Crippen molar-refractivity contribution in [2.24, 2.45) is 0 Å². The number of imidazole rings is 1. The van der Waals surface area contributed by atoms with Gasteiger partial charge in [-0.25, -0.2) is 4.79 Å². The Morgan fingerprint density at radius 1 is 1.73 bits per heavy atom. The van der Waals surface area contributed by atoms with Crippen LogP contribution in [-0.2, 0) is 6.54 Å². The van der Waals surface area contributed by atoms with Gasteiger partial charge in [0.15, 0.2) is 0 Å². The predicted molar refractivity (Wildman–Crippen MR) is 44.3 cm³/mol. The number of nitrogens with one attached hydrogen (secondary N) is 1. The van der Waals surface area contributed by atoms with Gasteiger partial charge in [0.2, 0.25) is 5.88 Å². The van der Waals surface area contributed by atoms with Gasteiger partial charge in [0.1, 0.15) is 5.03 Å². The van der Waals surface area contributed by atoms with E-state index in [1.54, 1.807) is 0 Å². The fourth-order valence-corrected chi connectivity index (χ4v) is 1.13. The van der Waals surface area contributed by atoms with Gasteiger partial charge in [0.05, 0.1) is 0 Å². The van der Waals surface area contributed by atoms with E-state index in [-0.39, 0.29) is 11.6 Å². The molecule has 1 rings (SSSR count). The molecule has 0 atom stereocenters. The Morgan fingerprint density at radius 2 is 2.36 bits per heavy atom. The summed E-state index contributed by atoms with van der Waals surface area (Å²) >= 11 is 3.95. The van der Waals surface area contributed by atoms with E-state index >= 15 is 0 Å². The molecule has 0 radical (unpaired) electrons. The highest BCUT2D eigenvalue weighted by Crippen LogP contribution is 2.15. The van der Waals surface area contributed by atoms with Crippen molar-refractivity contribution in [3.63, 3.8) is 0 Å². The van der Waals surface area contributed by atoms with Gasteiger partial charge in [0, 0.05) is 6.54 Å². The average molecular weight is 174 g/mol. The predicted octanol–water partition coefficient (Wildman–Crippen LogP) is 0.581. The van der Waals surface area contributed by atoms with Crippen LogP contribution in [0.2, 0.25) is 0 Å². The molecule has 0 saturated carbocycles. The van der Waals surface area contributed by atoms with Crippen LogP contribution in [0.1, 0.15) is 13.3 Å². The van der Waals surface area contributed by atoms with Crippen molar-refractivity contribution in [3.8, 4) is 5.88 Å². The monoisotopic (exact) mass is 174 g/mol. The SMILES string of the molecule is CCCn1c(S)c(O)[nH]c1=O. The van der Waals surface area contributed by atoms with Crippen LogP contribution in [0.5, 0.6) is 5.88 Å². The summed E-state index contributed by atoms with van der Waals surface area (Å²) in [4.78, 5) is 13.2. The Kier molecular flexibility index (Phi) is 2.28. The van der Waals surface area contributed by atoms with Gasteiger partial charge >= 0.3 is 5.69 Å². The van der Waals surface area contributed by atoms with Gasteiger partial charge in [-0.15, -0.1) is 12.6 Å². The number of rotatable bonds is 2. The molecule has 1 heterocycles. The third-order valence-electron chi connectivity index (χ3n) is 1.39. The summed E-state index contributed by atoms with van der Waals surface area (Å²) in [7, 11) is 0. The Balaban J connectivity index is 3.12. The van der Waals surface area contributed by atoms with E-state index in [1.165, 1.54) is 4.57 Å². The number of hydrogen-bond donors (Lipinski definition) is 3. The smallest absolute Gasteiger partial charge is 0.329 e. The molecule has 11 heavy (non-hydrogen) atoms. The van der Waals surface area contributed by atoms with E-state index in [0.29, 0.717) is 11.6 Å². The molecule has 0 unspecified atom stereocenters. The molecule has 0 fully saturated rings. The third kappa shape index (κ3) is 1.42. The highest BCUT2D eigenvalue weighted by atomic mass is 32.1. The lowest BCUT2D eigenvalue weighted by Crippen LogP contribution is -2.16. The summed E-state index contributed by atoms with van der Waals surface area (Å²) < 4.78 is 1.39. The zero-order valence-corrected chi connectivity index (χ0v) is 7.06. The fourth-order valence-electron chi connectivity index (χ4n) is 0.880. The van der Waals surface area contributed by atoms with Crippen molar-refractivity contribution >= 4 is 12.6 Å². The maximum Gasteiger partial charge on any atom is 0.329 e. The van der Waals surface area contributed by atoms with Crippen molar-refractivity contribution in [1.82, 2.24) is 9.55 Å². The maximum atomic E-state index is 10.9. The van der Waals surface area contributed by atoms with Crippen LogP contribution in [0.4, 0.5) is 0 Å².